The Bertz CT molecular complexity index is 624. The number of hydrogen-bond acceptors (Lipinski definition) is 6. The molecular weight excluding hydrogens is 327 g/mol. The van der Waals surface area contributed by atoms with Crippen LogP contribution in [0.15, 0.2) is 29.2 Å². The fourth-order valence-electron chi connectivity index (χ4n) is 1.70. The molecule has 1 aromatic rings. The summed E-state index contributed by atoms with van der Waals surface area (Å²) in [5, 5.41) is 0. The van der Waals surface area contributed by atoms with Crippen LogP contribution >= 0.6 is 7.60 Å². The first-order chi connectivity index (χ1) is 10.0. The van der Waals surface area contributed by atoms with Crippen molar-refractivity contribution < 1.29 is 26.2 Å². The minimum atomic E-state index is -4.02. The van der Waals surface area contributed by atoms with Crippen molar-refractivity contribution in [3.05, 3.63) is 29.8 Å². The van der Waals surface area contributed by atoms with Gasteiger partial charge in [0.2, 0.25) is 0 Å². The molecule has 0 saturated carbocycles. The molecule has 22 heavy (non-hydrogen) atoms. The van der Waals surface area contributed by atoms with Crippen LogP contribution in [0.4, 0.5) is 0 Å². The monoisotopic (exact) mass is 350 g/mol. The molecule has 0 N–H and O–H groups in total. The molecule has 0 fully saturated rings. The Kier molecular flexibility index (Phi) is 6.77. The van der Waals surface area contributed by atoms with E-state index in [0.29, 0.717) is 0 Å². The molecule has 0 radical (unpaired) electrons. The van der Waals surface area contributed by atoms with Crippen LogP contribution in [0, 0.1) is 6.92 Å². The number of benzene rings is 1. The highest BCUT2D eigenvalue weighted by Crippen LogP contribution is 2.50. The minimum Gasteiger partial charge on any atom is -0.304 e. The second-order valence-electron chi connectivity index (χ2n) is 5.44. The van der Waals surface area contributed by atoms with Gasteiger partial charge in [-0.15, -0.1) is 0 Å². The van der Waals surface area contributed by atoms with Crippen LogP contribution in [-0.2, 0) is 27.9 Å². The summed E-state index contributed by atoms with van der Waals surface area (Å²) >= 11 is 0. The van der Waals surface area contributed by atoms with E-state index in [1.807, 2.05) is 0 Å². The maximum Gasteiger partial charge on any atom is 0.358 e. The number of rotatable bonds is 8. The second-order valence-corrected chi connectivity index (χ2v) is 8.95. The average molecular weight is 350 g/mol. The van der Waals surface area contributed by atoms with Gasteiger partial charge in [-0.25, -0.2) is 0 Å². The van der Waals surface area contributed by atoms with Crippen molar-refractivity contribution in [1.29, 1.82) is 0 Å². The van der Waals surface area contributed by atoms with Crippen molar-refractivity contribution in [1.82, 2.24) is 0 Å². The predicted molar refractivity (Wildman–Crippen MR) is 84.4 cm³/mol. The van der Waals surface area contributed by atoms with Gasteiger partial charge in [0, 0.05) is 0 Å². The lowest BCUT2D eigenvalue weighted by atomic mass is 10.2. The van der Waals surface area contributed by atoms with E-state index in [2.05, 4.69) is 0 Å². The maximum absolute atomic E-state index is 12.5. The average Bonchev–Trinajstić information content (AvgIpc) is 2.35. The van der Waals surface area contributed by atoms with E-state index < -0.39 is 24.1 Å². The van der Waals surface area contributed by atoms with Crippen molar-refractivity contribution in [2.24, 2.45) is 0 Å². The first kappa shape index (κ1) is 19.3. The van der Waals surface area contributed by atoms with Gasteiger partial charge in [-0.2, -0.15) is 8.42 Å². The van der Waals surface area contributed by atoms with Gasteiger partial charge < -0.3 is 9.05 Å². The molecule has 0 amide bonds. The molecular formula is C14H23O6PS. The Morgan fingerprint density at radius 1 is 1.09 bits per heavy atom. The van der Waals surface area contributed by atoms with Gasteiger partial charge in [0.05, 0.1) is 17.1 Å². The van der Waals surface area contributed by atoms with E-state index >= 15 is 0 Å². The van der Waals surface area contributed by atoms with Crippen LogP contribution in [0.25, 0.3) is 0 Å². The largest absolute Gasteiger partial charge is 0.358 e. The molecule has 0 atom stereocenters. The van der Waals surface area contributed by atoms with Crippen molar-refractivity contribution in [3.8, 4) is 0 Å². The first-order valence-corrected chi connectivity index (χ1v) is 10.1. The Balaban J connectivity index is 2.90. The quantitative estimate of drug-likeness (QED) is 0.525. The Morgan fingerprint density at radius 3 is 2.09 bits per heavy atom. The van der Waals surface area contributed by atoms with Gasteiger partial charge >= 0.3 is 7.60 Å². The van der Waals surface area contributed by atoms with Gasteiger partial charge in [-0.3, -0.25) is 8.75 Å². The van der Waals surface area contributed by atoms with E-state index in [0.717, 1.165) is 5.56 Å². The first-order valence-electron chi connectivity index (χ1n) is 6.96. The third-order valence-corrected chi connectivity index (χ3v) is 5.75. The lowest BCUT2D eigenvalue weighted by Crippen LogP contribution is -2.15. The molecule has 0 spiro atoms. The Morgan fingerprint density at radius 2 is 1.64 bits per heavy atom. The fourth-order valence-corrected chi connectivity index (χ4v) is 4.94. The van der Waals surface area contributed by atoms with Gasteiger partial charge in [0.15, 0.2) is 6.35 Å². The van der Waals surface area contributed by atoms with E-state index in [1.54, 1.807) is 46.8 Å². The van der Waals surface area contributed by atoms with E-state index in [4.69, 9.17) is 13.2 Å². The maximum atomic E-state index is 12.5. The molecule has 126 valence electrons. The topological polar surface area (TPSA) is 78.9 Å². The molecule has 0 heterocycles. The molecule has 0 bridgehead atoms. The summed E-state index contributed by atoms with van der Waals surface area (Å²) in [5.41, 5.74) is 0.782. The van der Waals surface area contributed by atoms with Crippen LogP contribution < -0.4 is 0 Å². The summed E-state index contributed by atoms with van der Waals surface area (Å²) in [5.74, 6) is 0. The van der Waals surface area contributed by atoms with Gasteiger partial charge in [-0.05, 0) is 52.3 Å². The van der Waals surface area contributed by atoms with Gasteiger partial charge in [-0.1, -0.05) is 12.1 Å². The molecule has 1 aromatic carbocycles. The SMILES string of the molecule is Cc1cccc(S(=O)(=O)OCP(=O)(OC(C)C)OC(C)C)c1. The summed E-state index contributed by atoms with van der Waals surface area (Å²) < 4.78 is 52.2. The van der Waals surface area contributed by atoms with Crippen molar-refractivity contribution >= 4 is 17.7 Å². The van der Waals surface area contributed by atoms with Crippen molar-refractivity contribution in [2.75, 3.05) is 6.35 Å². The zero-order valence-corrected chi connectivity index (χ0v) is 15.2. The van der Waals surface area contributed by atoms with Crippen molar-refractivity contribution in [2.45, 2.75) is 51.7 Å². The summed E-state index contributed by atoms with van der Waals surface area (Å²) in [6, 6.07) is 6.28. The van der Waals surface area contributed by atoms with E-state index in [9.17, 15) is 13.0 Å². The minimum absolute atomic E-state index is 0.00754. The third kappa shape index (κ3) is 6.18. The van der Waals surface area contributed by atoms with Crippen molar-refractivity contribution in [3.63, 3.8) is 0 Å². The summed E-state index contributed by atoms with van der Waals surface area (Å²) in [6.45, 7) is 8.52. The summed E-state index contributed by atoms with van der Waals surface area (Å²) in [4.78, 5) is 0.00754. The molecule has 0 saturated heterocycles. The van der Waals surface area contributed by atoms with Crippen LogP contribution in [0.1, 0.15) is 33.3 Å². The summed E-state index contributed by atoms with van der Waals surface area (Å²) in [7, 11) is -7.68. The Hall–Kier alpha value is -0.720. The molecule has 0 aromatic heterocycles. The zero-order chi connectivity index (χ0) is 17.0. The summed E-state index contributed by atoms with van der Waals surface area (Å²) in [6.07, 6.45) is -1.41. The zero-order valence-electron chi connectivity index (χ0n) is 13.5. The highest BCUT2D eigenvalue weighted by Gasteiger charge is 2.31. The van der Waals surface area contributed by atoms with E-state index in [1.165, 1.54) is 12.1 Å². The van der Waals surface area contributed by atoms with Crippen LogP contribution in [-0.4, -0.2) is 27.0 Å². The molecule has 0 aliphatic carbocycles. The normalized spacial score (nSPS) is 13.0. The van der Waals surface area contributed by atoms with Gasteiger partial charge in [0.1, 0.15) is 0 Å². The number of hydrogen-bond donors (Lipinski definition) is 0. The highest BCUT2D eigenvalue weighted by atomic mass is 32.2. The number of aryl methyl sites for hydroxylation is 1. The molecule has 8 heteroatoms. The van der Waals surface area contributed by atoms with Gasteiger partial charge in [0.25, 0.3) is 10.1 Å². The lowest BCUT2D eigenvalue weighted by molar-refractivity contribution is 0.129. The lowest BCUT2D eigenvalue weighted by Gasteiger charge is -2.22. The molecule has 1 rings (SSSR count). The van der Waals surface area contributed by atoms with Crippen LogP contribution in [0.3, 0.4) is 0 Å². The molecule has 0 aliphatic rings. The van der Waals surface area contributed by atoms with E-state index in [-0.39, 0.29) is 17.1 Å². The Labute approximate surface area is 132 Å². The smallest absolute Gasteiger partial charge is 0.304 e. The molecule has 0 aliphatic heterocycles. The third-order valence-electron chi connectivity index (χ3n) is 2.39. The molecule has 0 unspecified atom stereocenters. The molecule has 6 nitrogen and oxygen atoms in total. The second kappa shape index (κ2) is 7.70. The standard InChI is InChI=1S/C14H23O6PS/c1-11(2)19-21(15,20-12(3)4)10-18-22(16,17)14-8-6-7-13(5)9-14/h6-9,11-12H,10H2,1-5H3. The predicted octanol–water partition coefficient (Wildman–Crippen LogP) is 3.70. The van der Waals surface area contributed by atoms with Crippen LogP contribution in [0.5, 0.6) is 0 Å². The fraction of sp³-hybridized carbons (Fsp3) is 0.571. The highest BCUT2D eigenvalue weighted by molar-refractivity contribution is 7.87. The van der Waals surface area contributed by atoms with Crippen LogP contribution in [0.2, 0.25) is 0 Å².